The van der Waals surface area contributed by atoms with Crippen molar-refractivity contribution >= 4 is 21.7 Å². The molecule has 0 spiro atoms. The number of sulfone groups is 1. The van der Waals surface area contributed by atoms with Crippen LogP contribution in [0.25, 0.3) is 0 Å². The molecule has 1 aromatic rings. The van der Waals surface area contributed by atoms with Gasteiger partial charge in [-0.1, -0.05) is 19.1 Å². The number of nitrogens with zero attached hydrogens (tertiary/aromatic N) is 1. The number of benzene rings is 1. The van der Waals surface area contributed by atoms with Crippen LogP contribution < -0.4 is 5.32 Å². The lowest BCUT2D eigenvalue weighted by Crippen LogP contribution is -2.37. The van der Waals surface area contributed by atoms with Crippen LogP contribution in [0.2, 0.25) is 0 Å². The Morgan fingerprint density at radius 3 is 2.64 bits per heavy atom. The van der Waals surface area contributed by atoms with Crippen LogP contribution in [0.3, 0.4) is 0 Å². The Morgan fingerprint density at radius 1 is 1.36 bits per heavy atom. The molecule has 120 valence electrons. The van der Waals surface area contributed by atoms with Gasteiger partial charge in [0.25, 0.3) is 5.91 Å². The molecule has 1 unspecified atom stereocenters. The number of hydrogen-bond acceptors (Lipinski definition) is 4. The molecule has 7 heteroatoms. The molecular formula is C15H20N2O4S. The summed E-state index contributed by atoms with van der Waals surface area (Å²) in [6.45, 7) is 2.22. The molecule has 2 amide bonds. The summed E-state index contributed by atoms with van der Waals surface area (Å²) in [6, 6.07) is 5.90. The van der Waals surface area contributed by atoms with Crippen molar-refractivity contribution in [3.63, 3.8) is 0 Å². The van der Waals surface area contributed by atoms with E-state index < -0.39 is 15.7 Å². The molecule has 1 aliphatic rings. The lowest BCUT2D eigenvalue weighted by Gasteiger charge is -2.14. The molecule has 1 heterocycles. The highest BCUT2D eigenvalue weighted by molar-refractivity contribution is 7.91. The molecule has 1 fully saturated rings. The Morgan fingerprint density at radius 2 is 2.05 bits per heavy atom. The molecule has 0 bridgehead atoms. The second-order valence-corrected chi connectivity index (χ2v) is 7.54. The summed E-state index contributed by atoms with van der Waals surface area (Å²) in [7, 11) is -1.80. The highest BCUT2D eigenvalue weighted by atomic mass is 32.2. The van der Waals surface area contributed by atoms with Gasteiger partial charge in [-0.2, -0.15) is 0 Å². The average molecular weight is 324 g/mol. The summed E-state index contributed by atoms with van der Waals surface area (Å²) in [6.07, 6.45) is 0.728. The SMILES string of the molecule is CCCS(=O)(=O)c1ccccc1C(=O)NC1CC(=O)N(C)C1. The maximum Gasteiger partial charge on any atom is 0.252 e. The van der Waals surface area contributed by atoms with Gasteiger partial charge < -0.3 is 10.2 Å². The number of likely N-dealkylation sites (tertiary alicyclic amines) is 1. The summed E-state index contributed by atoms with van der Waals surface area (Å²) in [5, 5.41) is 2.74. The maximum absolute atomic E-state index is 12.4. The molecule has 0 aromatic heterocycles. The second-order valence-electron chi connectivity index (χ2n) is 5.46. The lowest BCUT2D eigenvalue weighted by molar-refractivity contribution is -0.126. The maximum atomic E-state index is 12.4. The van der Waals surface area contributed by atoms with Crippen LogP contribution in [-0.4, -0.2) is 50.5 Å². The molecule has 6 nitrogen and oxygen atoms in total. The Labute approximate surface area is 130 Å². The van der Waals surface area contributed by atoms with E-state index in [2.05, 4.69) is 5.32 Å². The zero-order valence-corrected chi connectivity index (χ0v) is 13.5. The third kappa shape index (κ3) is 3.47. The lowest BCUT2D eigenvalue weighted by atomic mass is 10.2. The van der Waals surface area contributed by atoms with Crippen molar-refractivity contribution in [3.05, 3.63) is 29.8 Å². The highest BCUT2D eigenvalue weighted by Gasteiger charge is 2.29. The van der Waals surface area contributed by atoms with Gasteiger partial charge in [0.05, 0.1) is 22.3 Å². The minimum absolute atomic E-state index is 0.00193. The monoisotopic (exact) mass is 324 g/mol. The van der Waals surface area contributed by atoms with E-state index in [9.17, 15) is 18.0 Å². The van der Waals surface area contributed by atoms with E-state index in [-0.39, 0.29) is 34.6 Å². The zero-order chi connectivity index (χ0) is 16.3. The summed E-state index contributed by atoms with van der Waals surface area (Å²) >= 11 is 0. The average Bonchev–Trinajstić information content (AvgIpc) is 2.77. The van der Waals surface area contributed by atoms with Crippen LogP contribution in [0.1, 0.15) is 30.1 Å². The first-order chi connectivity index (χ1) is 10.3. The first-order valence-electron chi connectivity index (χ1n) is 7.21. The van der Waals surface area contributed by atoms with Crippen molar-refractivity contribution in [2.45, 2.75) is 30.7 Å². The van der Waals surface area contributed by atoms with Gasteiger partial charge in [-0.3, -0.25) is 9.59 Å². The Kier molecular flexibility index (Phi) is 4.85. The van der Waals surface area contributed by atoms with Gasteiger partial charge in [0, 0.05) is 20.0 Å². The fourth-order valence-electron chi connectivity index (χ4n) is 2.53. The van der Waals surface area contributed by atoms with E-state index >= 15 is 0 Å². The molecule has 1 aliphatic heterocycles. The normalized spacial score (nSPS) is 18.5. The van der Waals surface area contributed by atoms with Gasteiger partial charge in [0.1, 0.15) is 0 Å². The van der Waals surface area contributed by atoms with Crippen LogP contribution in [0.5, 0.6) is 0 Å². The van der Waals surface area contributed by atoms with Crippen molar-refractivity contribution < 1.29 is 18.0 Å². The molecule has 0 radical (unpaired) electrons. The van der Waals surface area contributed by atoms with E-state index in [0.29, 0.717) is 13.0 Å². The van der Waals surface area contributed by atoms with Gasteiger partial charge in [0.15, 0.2) is 9.84 Å². The van der Waals surface area contributed by atoms with E-state index in [1.807, 2.05) is 0 Å². The van der Waals surface area contributed by atoms with Crippen molar-refractivity contribution in [1.82, 2.24) is 10.2 Å². The smallest absolute Gasteiger partial charge is 0.252 e. The molecule has 0 aliphatic carbocycles. The van der Waals surface area contributed by atoms with E-state index in [4.69, 9.17) is 0 Å². The van der Waals surface area contributed by atoms with Crippen LogP contribution in [0.15, 0.2) is 29.2 Å². The summed E-state index contributed by atoms with van der Waals surface area (Å²) < 4.78 is 24.5. The predicted octanol–water partition coefficient (Wildman–Crippen LogP) is 0.831. The quantitative estimate of drug-likeness (QED) is 0.869. The Hall–Kier alpha value is -1.89. The molecule has 1 N–H and O–H groups in total. The van der Waals surface area contributed by atoms with Gasteiger partial charge in [-0.25, -0.2) is 8.42 Å². The molecule has 0 saturated carbocycles. The fourth-order valence-corrected chi connectivity index (χ4v) is 4.07. The molecule has 1 saturated heterocycles. The number of carbonyl (C=O) groups is 2. The summed E-state index contributed by atoms with van der Waals surface area (Å²) in [5.74, 6) is -0.484. The van der Waals surface area contributed by atoms with Crippen molar-refractivity contribution in [2.24, 2.45) is 0 Å². The first-order valence-corrected chi connectivity index (χ1v) is 8.87. The van der Waals surface area contributed by atoms with Crippen molar-refractivity contribution in [1.29, 1.82) is 0 Å². The molecular weight excluding hydrogens is 304 g/mol. The number of rotatable bonds is 5. The van der Waals surface area contributed by atoms with Crippen molar-refractivity contribution in [2.75, 3.05) is 19.3 Å². The number of hydrogen-bond donors (Lipinski definition) is 1. The van der Waals surface area contributed by atoms with Gasteiger partial charge in [-0.05, 0) is 18.6 Å². The molecule has 1 aromatic carbocycles. The van der Waals surface area contributed by atoms with Gasteiger partial charge >= 0.3 is 0 Å². The van der Waals surface area contributed by atoms with Gasteiger partial charge in [-0.15, -0.1) is 0 Å². The molecule has 22 heavy (non-hydrogen) atoms. The molecule has 2 rings (SSSR count). The third-order valence-electron chi connectivity index (χ3n) is 3.62. The van der Waals surface area contributed by atoms with Crippen LogP contribution in [0, 0.1) is 0 Å². The fraction of sp³-hybridized carbons (Fsp3) is 0.467. The minimum Gasteiger partial charge on any atom is -0.347 e. The minimum atomic E-state index is -3.48. The van der Waals surface area contributed by atoms with Crippen molar-refractivity contribution in [3.8, 4) is 0 Å². The first kappa shape index (κ1) is 16.5. The highest BCUT2D eigenvalue weighted by Crippen LogP contribution is 2.19. The molecule has 1 atom stereocenters. The second kappa shape index (κ2) is 6.48. The Balaban J connectivity index is 2.22. The van der Waals surface area contributed by atoms with E-state index in [1.54, 1.807) is 31.0 Å². The number of nitrogens with one attached hydrogen (secondary N) is 1. The Bertz CT molecular complexity index is 685. The standard InChI is InChI=1S/C15H20N2O4S/c1-3-8-22(20,21)13-7-5-4-6-12(13)15(19)16-11-9-14(18)17(2)10-11/h4-7,11H,3,8-10H2,1-2H3,(H,16,19). The predicted molar refractivity (Wildman–Crippen MR) is 82.3 cm³/mol. The third-order valence-corrected chi connectivity index (χ3v) is 5.59. The van der Waals surface area contributed by atoms with E-state index in [0.717, 1.165) is 0 Å². The topological polar surface area (TPSA) is 83.5 Å². The van der Waals surface area contributed by atoms with Crippen LogP contribution in [-0.2, 0) is 14.6 Å². The summed E-state index contributed by atoms with van der Waals surface area (Å²) in [5.41, 5.74) is 0.137. The number of likely N-dealkylation sites (N-methyl/N-ethyl adjacent to an activating group) is 1. The van der Waals surface area contributed by atoms with Gasteiger partial charge in [0.2, 0.25) is 5.91 Å². The number of amides is 2. The van der Waals surface area contributed by atoms with Crippen LogP contribution >= 0.6 is 0 Å². The van der Waals surface area contributed by atoms with E-state index in [1.165, 1.54) is 12.1 Å². The number of carbonyl (C=O) groups excluding carboxylic acids is 2. The summed E-state index contributed by atoms with van der Waals surface area (Å²) in [4.78, 5) is 25.5. The largest absolute Gasteiger partial charge is 0.347 e. The zero-order valence-electron chi connectivity index (χ0n) is 12.7. The van der Waals surface area contributed by atoms with Crippen LogP contribution in [0.4, 0.5) is 0 Å².